The third kappa shape index (κ3) is 1.64. The molecule has 1 amide bonds. The van der Waals surface area contributed by atoms with E-state index in [1.165, 1.54) is 0 Å². The van der Waals surface area contributed by atoms with Gasteiger partial charge in [-0.25, -0.2) is 0 Å². The molecule has 3 heteroatoms. The minimum absolute atomic E-state index is 0.00213. The number of rotatable bonds is 0. The zero-order valence-electron chi connectivity index (χ0n) is 12.0. The van der Waals surface area contributed by atoms with E-state index in [4.69, 9.17) is 4.74 Å². The molecule has 0 fully saturated rings. The van der Waals surface area contributed by atoms with Crippen molar-refractivity contribution < 1.29 is 9.53 Å². The molecule has 0 unspecified atom stereocenters. The van der Waals surface area contributed by atoms with Crippen LogP contribution in [0.2, 0.25) is 0 Å². The summed E-state index contributed by atoms with van der Waals surface area (Å²) in [5, 5.41) is 0. The first-order chi connectivity index (χ1) is 10.2. The zero-order valence-corrected chi connectivity index (χ0v) is 12.0. The third-order valence-corrected chi connectivity index (χ3v) is 4.16. The van der Waals surface area contributed by atoms with Crippen molar-refractivity contribution in [2.24, 2.45) is 0 Å². The Bertz CT molecular complexity index is 805. The summed E-state index contributed by atoms with van der Waals surface area (Å²) in [6, 6.07) is 14.1. The second kappa shape index (κ2) is 4.22. The highest BCUT2D eigenvalue weighted by Gasteiger charge is 2.35. The Balaban J connectivity index is 2.01. The average Bonchev–Trinajstić information content (AvgIpc) is 3.00. The Hall–Kier alpha value is -2.55. The van der Waals surface area contributed by atoms with Crippen LogP contribution in [0, 0.1) is 6.92 Å². The van der Waals surface area contributed by atoms with Crippen molar-refractivity contribution in [3.05, 3.63) is 64.7 Å². The van der Waals surface area contributed by atoms with Crippen LogP contribution in [0.15, 0.2) is 42.5 Å². The molecule has 0 aromatic heterocycles. The number of carbonyl (C=O) groups is 1. The van der Waals surface area contributed by atoms with Crippen LogP contribution in [-0.4, -0.2) is 13.0 Å². The SMILES string of the molecule is Cc1ccc2c(c1)/C(=C1\OCc3ccccc31)C(=O)N2C. The Morgan fingerprint density at radius 1 is 1.10 bits per heavy atom. The van der Waals surface area contributed by atoms with Crippen LogP contribution >= 0.6 is 0 Å². The highest BCUT2D eigenvalue weighted by molar-refractivity contribution is 6.37. The minimum Gasteiger partial charge on any atom is -0.487 e. The molecule has 104 valence electrons. The first-order valence-corrected chi connectivity index (χ1v) is 7.01. The Labute approximate surface area is 123 Å². The summed E-state index contributed by atoms with van der Waals surface area (Å²) < 4.78 is 5.85. The monoisotopic (exact) mass is 277 g/mol. The largest absolute Gasteiger partial charge is 0.487 e. The molecule has 0 atom stereocenters. The lowest BCUT2D eigenvalue weighted by Crippen LogP contribution is -2.20. The van der Waals surface area contributed by atoms with Gasteiger partial charge < -0.3 is 9.64 Å². The van der Waals surface area contributed by atoms with Crippen molar-refractivity contribution in [2.45, 2.75) is 13.5 Å². The molecule has 2 aromatic carbocycles. The number of likely N-dealkylation sites (N-methyl/N-ethyl adjacent to an activating group) is 1. The molecule has 0 saturated carbocycles. The lowest BCUT2D eigenvalue weighted by Gasteiger charge is -2.08. The highest BCUT2D eigenvalue weighted by atomic mass is 16.5. The molecule has 2 aliphatic heterocycles. The molecule has 21 heavy (non-hydrogen) atoms. The van der Waals surface area contributed by atoms with Crippen LogP contribution in [0.4, 0.5) is 5.69 Å². The fraction of sp³-hybridized carbons (Fsp3) is 0.167. The third-order valence-electron chi connectivity index (χ3n) is 4.16. The Kier molecular flexibility index (Phi) is 2.45. The second-order valence-electron chi connectivity index (χ2n) is 5.53. The maximum Gasteiger partial charge on any atom is 0.262 e. The molecule has 2 aromatic rings. The van der Waals surface area contributed by atoms with Crippen molar-refractivity contribution in [1.29, 1.82) is 0 Å². The molecule has 0 radical (unpaired) electrons. The first kappa shape index (κ1) is 12.2. The lowest BCUT2D eigenvalue weighted by atomic mass is 9.99. The summed E-state index contributed by atoms with van der Waals surface area (Å²) in [6.07, 6.45) is 0. The Morgan fingerprint density at radius 2 is 1.90 bits per heavy atom. The number of hydrogen-bond donors (Lipinski definition) is 0. The van der Waals surface area contributed by atoms with E-state index in [1.54, 1.807) is 4.90 Å². The fourth-order valence-corrected chi connectivity index (χ4v) is 3.06. The molecule has 0 saturated heterocycles. The van der Waals surface area contributed by atoms with Crippen molar-refractivity contribution in [3.8, 4) is 0 Å². The molecular weight excluding hydrogens is 262 g/mol. The molecule has 0 bridgehead atoms. The summed E-state index contributed by atoms with van der Waals surface area (Å²) in [5.74, 6) is 0.717. The number of fused-ring (bicyclic) bond motifs is 2. The smallest absolute Gasteiger partial charge is 0.262 e. The number of aryl methyl sites for hydroxylation is 1. The van der Waals surface area contributed by atoms with E-state index in [0.717, 1.165) is 27.9 Å². The van der Waals surface area contributed by atoms with E-state index >= 15 is 0 Å². The van der Waals surface area contributed by atoms with Crippen molar-refractivity contribution in [1.82, 2.24) is 0 Å². The predicted molar refractivity (Wildman–Crippen MR) is 82.6 cm³/mol. The second-order valence-corrected chi connectivity index (χ2v) is 5.53. The van der Waals surface area contributed by atoms with Gasteiger partial charge in [0.1, 0.15) is 12.4 Å². The van der Waals surface area contributed by atoms with Gasteiger partial charge in [-0.15, -0.1) is 0 Å². The van der Waals surface area contributed by atoms with E-state index in [1.807, 2.05) is 50.4 Å². The molecule has 2 aliphatic rings. The van der Waals surface area contributed by atoms with Gasteiger partial charge >= 0.3 is 0 Å². The van der Waals surface area contributed by atoms with E-state index in [2.05, 4.69) is 6.07 Å². The van der Waals surface area contributed by atoms with Gasteiger partial charge in [0.05, 0.1) is 11.3 Å². The van der Waals surface area contributed by atoms with Crippen LogP contribution in [0.25, 0.3) is 11.3 Å². The molecule has 2 heterocycles. The van der Waals surface area contributed by atoms with Crippen LogP contribution in [0.1, 0.15) is 22.3 Å². The van der Waals surface area contributed by atoms with Gasteiger partial charge in [0, 0.05) is 23.7 Å². The fourth-order valence-electron chi connectivity index (χ4n) is 3.06. The van der Waals surface area contributed by atoms with E-state index < -0.39 is 0 Å². The van der Waals surface area contributed by atoms with Crippen LogP contribution in [0.3, 0.4) is 0 Å². The zero-order chi connectivity index (χ0) is 14.6. The number of ether oxygens (including phenoxy) is 1. The van der Waals surface area contributed by atoms with Gasteiger partial charge in [0.25, 0.3) is 5.91 Å². The summed E-state index contributed by atoms with van der Waals surface area (Å²) in [5.41, 5.74) is 5.90. The summed E-state index contributed by atoms with van der Waals surface area (Å²) >= 11 is 0. The summed E-state index contributed by atoms with van der Waals surface area (Å²) in [4.78, 5) is 14.4. The molecule has 4 rings (SSSR count). The van der Waals surface area contributed by atoms with Crippen LogP contribution in [-0.2, 0) is 16.1 Å². The minimum atomic E-state index is 0.00213. The quantitative estimate of drug-likeness (QED) is 0.691. The van der Waals surface area contributed by atoms with Crippen molar-refractivity contribution in [2.75, 3.05) is 11.9 Å². The van der Waals surface area contributed by atoms with Crippen LogP contribution in [0.5, 0.6) is 0 Å². The topological polar surface area (TPSA) is 29.5 Å². The molecule has 0 N–H and O–H groups in total. The van der Waals surface area contributed by atoms with Gasteiger partial charge in [-0.2, -0.15) is 0 Å². The van der Waals surface area contributed by atoms with Crippen molar-refractivity contribution >= 4 is 22.9 Å². The average molecular weight is 277 g/mol. The predicted octanol–water partition coefficient (Wildman–Crippen LogP) is 3.37. The number of carbonyl (C=O) groups excluding carboxylic acids is 1. The number of amides is 1. The molecule has 0 aliphatic carbocycles. The van der Waals surface area contributed by atoms with E-state index in [-0.39, 0.29) is 5.91 Å². The number of benzene rings is 2. The normalized spacial score (nSPS) is 19.5. The van der Waals surface area contributed by atoms with Gasteiger partial charge in [0.2, 0.25) is 0 Å². The molecular formula is C18H15NO2. The number of nitrogens with zero attached hydrogens (tertiary/aromatic N) is 1. The molecule has 0 spiro atoms. The van der Waals surface area contributed by atoms with Gasteiger partial charge in [-0.3, -0.25) is 4.79 Å². The molecule has 3 nitrogen and oxygen atoms in total. The first-order valence-electron chi connectivity index (χ1n) is 7.01. The number of anilines is 1. The van der Waals surface area contributed by atoms with E-state index in [0.29, 0.717) is 17.9 Å². The number of hydrogen-bond acceptors (Lipinski definition) is 2. The van der Waals surface area contributed by atoms with Crippen molar-refractivity contribution in [3.63, 3.8) is 0 Å². The van der Waals surface area contributed by atoms with E-state index in [9.17, 15) is 4.79 Å². The summed E-state index contributed by atoms with van der Waals surface area (Å²) in [7, 11) is 1.81. The van der Waals surface area contributed by atoms with Gasteiger partial charge in [-0.1, -0.05) is 35.9 Å². The highest BCUT2D eigenvalue weighted by Crippen LogP contribution is 2.43. The lowest BCUT2D eigenvalue weighted by molar-refractivity contribution is -0.112. The van der Waals surface area contributed by atoms with Gasteiger partial charge in [0.15, 0.2) is 0 Å². The maximum atomic E-state index is 12.7. The summed E-state index contributed by atoms with van der Waals surface area (Å²) in [6.45, 7) is 2.57. The Morgan fingerprint density at radius 3 is 2.76 bits per heavy atom. The van der Waals surface area contributed by atoms with Crippen LogP contribution < -0.4 is 4.90 Å². The van der Waals surface area contributed by atoms with Gasteiger partial charge in [-0.05, 0) is 19.1 Å². The standard InChI is InChI=1S/C18H15NO2/c1-11-7-8-15-14(9-11)16(18(20)19(15)2)17-13-6-4-3-5-12(13)10-21-17/h3-9H,10H2,1-2H3/b17-16+. The maximum absolute atomic E-state index is 12.7.